The molecule has 2 aromatic heterocycles. The summed E-state index contributed by atoms with van der Waals surface area (Å²) in [5.41, 5.74) is 2.98. The number of benzene rings is 1. The summed E-state index contributed by atoms with van der Waals surface area (Å²) in [6.07, 6.45) is 5.59. The molecule has 0 aliphatic heterocycles. The first-order valence-corrected chi connectivity index (χ1v) is 6.36. The van der Waals surface area contributed by atoms with Gasteiger partial charge in [-0.2, -0.15) is 5.10 Å². The second kappa shape index (κ2) is 4.90. The number of nitrogens with zero attached hydrogens (tertiary/aromatic N) is 3. The van der Waals surface area contributed by atoms with Crippen molar-refractivity contribution in [3.8, 4) is 0 Å². The van der Waals surface area contributed by atoms with Crippen LogP contribution in [0.15, 0.2) is 42.9 Å². The van der Waals surface area contributed by atoms with Crippen LogP contribution in [0, 0.1) is 0 Å². The van der Waals surface area contributed by atoms with Crippen molar-refractivity contribution in [1.29, 1.82) is 0 Å². The highest BCUT2D eigenvalue weighted by molar-refractivity contribution is 6.35. The van der Waals surface area contributed by atoms with Crippen LogP contribution in [0.25, 0.3) is 10.9 Å². The lowest BCUT2D eigenvalue weighted by molar-refractivity contribution is 0.767. The van der Waals surface area contributed by atoms with Crippen molar-refractivity contribution in [2.24, 2.45) is 7.05 Å². The summed E-state index contributed by atoms with van der Waals surface area (Å²) in [7, 11) is 1.91. The van der Waals surface area contributed by atoms with Gasteiger partial charge in [0.05, 0.1) is 16.7 Å². The van der Waals surface area contributed by atoms with Crippen molar-refractivity contribution in [3.05, 3.63) is 53.4 Å². The summed E-state index contributed by atoms with van der Waals surface area (Å²) < 4.78 is 1.79. The monoisotopic (exact) mass is 272 g/mol. The molecule has 3 aromatic rings. The molecular weight excluding hydrogens is 260 g/mol. The molecule has 4 nitrogen and oxygen atoms in total. The molecule has 0 atom stereocenters. The van der Waals surface area contributed by atoms with Crippen molar-refractivity contribution in [2.75, 3.05) is 5.32 Å². The van der Waals surface area contributed by atoms with Gasteiger partial charge in [0, 0.05) is 42.6 Å². The first-order chi connectivity index (χ1) is 9.24. The first kappa shape index (κ1) is 12.0. The van der Waals surface area contributed by atoms with Crippen LogP contribution in [-0.4, -0.2) is 14.8 Å². The number of aromatic nitrogens is 3. The maximum absolute atomic E-state index is 6.15. The molecule has 1 aromatic carbocycles. The molecule has 0 radical (unpaired) electrons. The molecule has 2 heterocycles. The van der Waals surface area contributed by atoms with E-state index in [1.165, 1.54) is 0 Å². The molecule has 19 heavy (non-hydrogen) atoms. The van der Waals surface area contributed by atoms with Gasteiger partial charge < -0.3 is 5.32 Å². The van der Waals surface area contributed by atoms with Gasteiger partial charge in [-0.1, -0.05) is 11.6 Å². The fraction of sp³-hybridized carbons (Fsp3) is 0.143. The Bertz CT molecular complexity index is 720. The van der Waals surface area contributed by atoms with Gasteiger partial charge in [0.2, 0.25) is 0 Å². The van der Waals surface area contributed by atoms with Crippen molar-refractivity contribution in [1.82, 2.24) is 14.8 Å². The maximum atomic E-state index is 6.15. The van der Waals surface area contributed by atoms with Crippen LogP contribution in [-0.2, 0) is 13.6 Å². The number of fused-ring (bicyclic) bond motifs is 1. The molecule has 0 aliphatic rings. The lowest BCUT2D eigenvalue weighted by Crippen LogP contribution is -1.99. The minimum Gasteiger partial charge on any atom is -0.380 e. The Morgan fingerprint density at radius 3 is 3.00 bits per heavy atom. The largest absolute Gasteiger partial charge is 0.380 e. The van der Waals surface area contributed by atoms with Gasteiger partial charge in [0.1, 0.15) is 0 Å². The molecule has 0 bridgehead atoms. The summed E-state index contributed by atoms with van der Waals surface area (Å²) >= 11 is 6.15. The van der Waals surface area contributed by atoms with Crippen molar-refractivity contribution in [3.63, 3.8) is 0 Å². The van der Waals surface area contributed by atoms with Crippen LogP contribution in [0.3, 0.4) is 0 Å². The van der Waals surface area contributed by atoms with Crippen LogP contribution in [0.1, 0.15) is 5.56 Å². The van der Waals surface area contributed by atoms with Gasteiger partial charge in [0.25, 0.3) is 0 Å². The fourth-order valence-corrected chi connectivity index (χ4v) is 2.27. The zero-order valence-electron chi connectivity index (χ0n) is 10.5. The Hall–Kier alpha value is -2.07. The number of aryl methyl sites for hydroxylation is 1. The van der Waals surface area contributed by atoms with E-state index in [4.69, 9.17) is 11.6 Å². The Kier molecular flexibility index (Phi) is 3.09. The van der Waals surface area contributed by atoms with Crippen LogP contribution < -0.4 is 5.32 Å². The third kappa shape index (κ3) is 2.39. The number of rotatable bonds is 3. The number of hydrogen-bond donors (Lipinski definition) is 1. The minimum atomic E-state index is 0.669. The topological polar surface area (TPSA) is 42.7 Å². The standard InChI is InChI=1S/C14H13ClN4/c1-19-9-10(8-18-19)7-17-13-5-4-12(15)14-11(13)3-2-6-16-14/h2-6,8-9,17H,7H2,1H3. The van der Waals surface area contributed by atoms with Gasteiger partial charge in [-0.15, -0.1) is 0 Å². The van der Waals surface area contributed by atoms with Gasteiger partial charge in [-0.05, 0) is 24.3 Å². The fourth-order valence-electron chi connectivity index (χ4n) is 2.05. The smallest absolute Gasteiger partial charge is 0.0908 e. The highest BCUT2D eigenvalue weighted by Crippen LogP contribution is 2.28. The highest BCUT2D eigenvalue weighted by Gasteiger charge is 2.05. The Labute approximate surface area is 116 Å². The van der Waals surface area contributed by atoms with Crippen molar-refractivity contribution in [2.45, 2.75) is 6.54 Å². The molecule has 0 saturated carbocycles. The summed E-state index contributed by atoms with van der Waals surface area (Å²) in [5, 5.41) is 9.24. The normalized spacial score (nSPS) is 10.8. The lowest BCUT2D eigenvalue weighted by Gasteiger charge is -2.09. The summed E-state index contributed by atoms with van der Waals surface area (Å²) in [5.74, 6) is 0. The number of anilines is 1. The molecule has 0 unspecified atom stereocenters. The number of pyridine rings is 1. The number of hydrogen-bond acceptors (Lipinski definition) is 3. The molecule has 96 valence electrons. The van der Waals surface area contributed by atoms with Crippen LogP contribution >= 0.6 is 11.6 Å². The zero-order valence-corrected chi connectivity index (χ0v) is 11.2. The Morgan fingerprint density at radius 2 is 2.21 bits per heavy atom. The van der Waals surface area contributed by atoms with Gasteiger partial charge in [0.15, 0.2) is 0 Å². The Balaban J connectivity index is 1.91. The maximum Gasteiger partial charge on any atom is 0.0908 e. The van der Waals surface area contributed by atoms with E-state index in [2.05, 4.69) is 15.4 Å². The molecule has 0 saturated heterocycles. The average Bonchev–Trinajstić information content (AvgIpc) is 2.84. The van der Waals surface area contributed by atoms with Gasteiger partial charge >= 0.3 is 0 Å². The van der Waals surface area contributed by atoms with Crippen LogP contribution in [0.5, 0.6) is 0 Å². The predicted octanol–water partition coefficient (Wildman–Crippen LogP) is 3.23. The highest BCUT2D eigenvalue weighted by atomic mass is 35.5. The Morgan fingerprint density at radius 1 is 1.32 bits per heavy atom. The van der Waals surface area contributed by atoms with E-state index in [1.807, 2.05) is 43.7 Å². The van der Waals surface area contributed by atoms with E-state index in [0.29, 0.717) is 5.02 Å². The van der Waals surface area contributed by atoms with E-state index in [9.17, 15) is 0 Å². The van der Waals surface area contributed by atoms with Gasteiger partial charge in [-0.25, -0.2) is 0 Å². The van der Waals surface area contributed by atoms with E-state index in [1.54, 1.807) is 10.9 Å². The SMILES string of the molecule is Cn1cc(CNc2ccc(Cl)c3ncccc23)cn1. The second-order valence-electron chi connectivity index (χ2n) is 4.37. The second-order valence-corrected chi connectivity index (χ2v) is 4.78. The van der Waals surface area contributed by atoms with Crippen LogP contribution in [0.2, 0.25) is 5.02 Å². The molecular formula is C14H13ClN4. The molecule has 0 fully saturated rings. The van der Waals surface area contributed by atoms with E-state index >= 15 is 0 Å². The number of halogens is 1. The molecule has 1 N–H and O–H groups in total. The minimum absolute atomic E-state index is 0.669. The van der Waals surface area contributed by atoms with E-state index in [0.717, 1.165) is 28.7 Å². The third-order valence-corrected chi connectivity index (χ3v) is 3.27. The molecule has 0 amide bonds. The molecule has 3 rings (SSSR count). The molecule has 0 aliphatic carbocycles. The average molecular weight is 273 g/mol. The number of nitrogens with one attached hydrogen (secondary N) is 1. The van der Waals surface area contributed by atoms with Crippen molar-refractivity contribution < 1.29 is 0 Å². The van der Waals surface area contributed by atoms with Crippen LogP contribution in [0.4, 0.5) is 5.69 Å². The van der Waals surface area contributed by atoms with Gasteiger partial charge in [-0.3, -0.25) is 9.67 Å². The summed E-state index contributed by atoms with van der Waals surface area (Å²) in [6.45, 7) is 0.722. The quantitative estimate of drug-likeness (QED) is 0.796. The molecule has 5 heteroatoms. The first-order valence-electron chi connectivity index (χ1n) is 5.98. The van der Waals surface area contributed by atoms with E-state index < -0.39 is 0 Å². The predicted molar refractivity (Wildman–Crippen MR) is 77.3 cm³/mol. The lowest BCUT2D eigenvalue weighted by atomic mass is 10.1. The molecule has 0 spiro atoms. The summed E-state index contributed by atoms with van der Waals surface area (Å²) in [4.78, 5) is 4.31. The van der Waals surface area contributed by atoms with E-state index in [-0.39, 0.29) is 0 Å². The van der Waals surface area contributed by atoms with Crippen molar-refractivity contribution >= 4 is 28.2 Å². The zero-order chi connectivity index (χ0) is 13.2. The third-order valence-electron chi connectivity index (χ3n) is 2.96. The summed E-state index contributed by atoms with van der Waals surface area (Å²) in [6, 6.07) is 7.76.